The van der Waals surface area contributed by atoms with Crippen LogP contribution in [-0.2, 0) is 19.5 Å². The highest BCUT2D eigenvalue weighted by molar-refractivity contribution is 5.73. The third-order valence-electron chi connectivity index (χ3n) is 3.80. The molecule has 2 N–H and O–H groups in total. The Bertz CT molecular complexity index is 787. The van der Waals surface area contributed by atoms with Gasteiger partial charge in [0.1, 0.15) is 12.7 Å². The molecule has 0 aliphatic heterocycles. The Morgan fingerprint density at radius 3 is 2.56 bits per heavy atom. The van der Waals surface area contributed by atoms with Crippen LogP contribution in [0.5, 0.6) is 0 Å². The topological polar surface area (TPSA) is 71.8 Å². The first-order valence-electron chi connectivity index (χ1n) is 8.25. The van der Waals surface area contributed by atoms with Crippen molar-refractivity contribution in [3.8, 4) is 0 Å². The van der Waals surface area contributed by atoms with Crippen LogP contribution in [0.4, 0.5) is 4.79 Å². The Morgan fingerprint density at radius 1 is 0.960 bits per heavy atom. The minimum atomic E-state index is -0.155. The fraction of sp³-hybridized carbons (Fsp3) is 0.211. The number of benzene rings is 2. The molecule has 0 spiro atoms. The molecule has 1 heterocycles. The van der Waals surface area contributed by atoms with Gasteiger partial charge in [-0.05, 0) is 23.1 Å². The Hall–Kier alpha value is -3.15. The number of urea groups is 1. The fourth-order valence-electron chi connectivity index (χ4n) is 2.55. The smallest absolute Gasteiger partial charge is 0.315 e. The van der Waals surface area contributed by atoms with Gasteiger partial charge in [-0.2, -0.15) is 5.10 Å². The van der Waals surface area contributed by atoms with Gasteiger partial charge in [0.05, 0.1) is 6.54 Å². The molecule has 0 unspecified atom stereocenters. The van der Waals surface area contributed by atoms with Gasteiger partial charge in [-0.1, -0.05) is 54.6 Å². The van der Waals surface area contributed by atoms with E-state index in [4.69, 9.17) is 0 Å². The SMILES string of the molecule is O=C(NCCc1ccccc1)NCc1cccc(Cn2cncn2)c1. The van der Waals surface area contributed by atoms with Crippen LogP contribution in [0.2, 0.25) is 0 Å². The number of amides is 2. The number of nitrogens with one attached hydrogen (secondary N) is 2. The molecule has 1 aromatic heterocycles. The highest BCUT2D eigenvalue weighted by Crippen LogP contribution is 2.06. The number of hydrogen-bond acceptors (Lipinski definition) is 3. The highest BCUT2D eigenvalue weighted by Gasteiger charge is 2.02. The maximum atomic E-state index is 11.9. The van der Waals surface area contributed by atoms with Crippen molar-refractivity contribution in [2.24, 2.45) is 0 Å². The van der Waals surface area contributed by atoms with Gasteiger partial charge in [0.2, 0.25) is 0 Å². The summed E-state index contributed by atoms with van der Waals surface area (Å²) in [6, 6.07) is 18.0. The number of carbonyl (C=O) groups is 1. The Morgan fingerprint density at radius 2 is 1.76 bits per heavy atom. The second-order valence-corrected chi connectivity index (χ2v) is 5.76. The molecule has 128 valence electrons. The summed E-state index contributed by atoms with van der Waals surface area (Å²) < 4.78 is 1.77. The molecule has 0 aliphatic rings. The van der Waals surface area contributed by atoms with E-state index in [0.29, 0.717) is 19.6 Å². The Kier molecular flexibility index (Phi) is 5.77. The molecule has 0 atom stereocenters. The van der Waals surface area contributed by atoms with E-state index in [1.165, 1.54) is 11.9 Å². The largest absolute Gasteiger partial charge is 0.338 e. The first kappa shape index (κ1) is 16.7. The van der Waals surface area contributed by atoms with Crippen LogP contribution in [0, 0.1) is 0 Å². The molecule has 0 saturated carbocycles. The van der Waals surface area contributed by atoms with Crippen molar-refractivity contribution >= 4 is 6.03 Å². The summed E-state index contributed by atoms with van der Waals surface area (Å²) in [6.45, 7) is 1.77. The van der Waals surface area contributed by atoms with Crippen LogP contribution in [0.15, 0.2) is 67.3 Å². The average Bonchev–Trinajstić information content (AvgIpc) is 3.14. The predicted octanol–water partition coefficient (Wildman–Crippen LogP) is 2.37. The fourth-order valence-corrected chi connectivity index (χ4v) is 2.55. The van der Waals surface area contributed by atoms with E-state index in [1.807, 2.05) is 36.4 Å². The van der Waals surface area contributed by atoms with Gasteiger partial charge in [-0.3, -0.25) is 0 Å². The molecule has 2 aromatic carbocycles. The van der Waals surface area contributed by atoms with Gasteiger partial charge < -0.3 is 10.6 Å². The third-order valence-corrected chi connectivity index (χ3v) is 3.80. The molecule has 0 radical (unpaired) electrons. The summed E-state index contributed by atoms with van der Waals surface area (Å²) >= 11 is 0. The summed E-state index contributed by atoms with van der Waals surface area (Å²) in [7, 11) is 0. The van der Waals surface area contributed by atoms with Crippen molar-refractivity contribution in [3.05, 3.63) is 83.9 Å². The molecule has 25 heavy (non-hydrogen) atoms. The van der Waals surface area contributed by atoms with Crippen LogP contribution < -0.4 is 10.6 Å². The molecule has 0 bridgehead atoms. The lowest BCUT2D eigenvalue weighted by molar-refractivity contribution is 0.240. The zero-order valence-electron chi connectivity index (χ0n) is 13.9. The van der Waals surface area contributed by atoms with E-state index in [1.54, 1.807) is 11.0 Å². The zero-order valence-corrected chi connectivity index (χ0v) is 13.9. The Labute approximate surface area is 146 Å². The van der Waals surface area contributed by atoms with Gasteiger partial charge in [-0.15, -0.1) is 0 Å². The van der Waals surface area contributed by atoms with E-state index in [9.17, 15) is 4.79 Å². The number of aromatic nitrogens is 3. The van der Waals surface area contributed by atoms with Crippen molar-refractivity contribution < 1.29 is 4.79 Å². The molecule has 6 heteroatoms. The van der Waals surface area contributed by atoms with Crippen molar-refractivity contribution in [2.75, 3.05) is 6.54 Å². The van der Waals surface area contributed by atoms with E-state index in [-0.39, 0.29) is 6.03 Å². The van der Waals surface area contributed by atoms with Crippen molar-refractivity contribution in [1.29, 1.82) is 0 Å². The Balaban J connectivity index is 1.42. The standard InChI is InChI=1S/C19H21N5O/c25-19(21-10-9-16-5-2-1-3-6-16)22-12-17-7-4-8-18(11-17)13-24-15-20-14-23-24/h1-8,11,14-15H,9-10,12-13H2,(H2,21,22,25). The summed E-state index contributed by atoms with van der Waals surface area (Å²) in [6.07, 6.45) is 4.03. The summed E-state index contributed by atoms with van der Waals surface area (Å²) in [5, 5.41) is 9.87. The van der Waals surface area contributed by atoms with Gasteiger partial charge >= 0.3 is 6.03 Å². The number of rotatable bonds is 7. The molecular formula is C19H21N5O. The van der Waals surface area contributed by atoms with E-state index < -0.39 is 0 Å². The van der Waals surface area contributed by atoms with Crippen LogP contribution in [0.3, 0.4) is 0 Å². The van der Waals surface area contributed by atoms with Gasteiger partial charge in [0.15, 0.2) is 0 Å². The maximum absolute atomic E-state index is 11.9. The van der Waals surface area contributed by atoms with Crippen LogP contribution in [0.1, 0.15) is 16.7 Å². The average molecular weight is 335 g/mol. The number of carbonyl (C=O) groups excluding carboxylic acids is 1. The predicted molar refractivity (Wildman–Crippen MR) is 96.0 cm³/mol. The third kappa shape index (κ3) is 5.46. The molecule has 3 rings (SSSR count). The lowest BCUT2D eigenvalue weighted by Crippen LogP contribution is -2.36. The van der Waals surface area contributed by atoms with Crippen LogP contribution in [0.25, 0.3) is 0 Å². The van der Waals surface area contributed by atoms with Gasteiger partial charge in [-0.25, -0.2) is 14.5 Å². The summed E-state index contributed by atoms with van der Waals surface area (Å²) in [5.41, 5.74) is 3.38. The molecule has 0 fully saturated rings. The second kappa shape index (κ2) is 8.63. The van der Waals surface area contributed by atoms with Crippen LogP contribution in [-0.4, -0.2) is 27.3 Å². The summed E-state index contributed by atoms with van der Waals surface area (Å²) in [5.74, 6) is 0. The lowest BCUT2D eigenvalue weighted by Gasteiger charge is -2.09. The molecule has 0 saturated heterocycles. The number of nitrogens with zero attached hydrogens (tertiary/aromatic N) is 3. The maximum Gasteiger partial charge on any atom is 0.315 e. The molecule has 3 aromatic rings. The number of hydrogen-bond donors (Lipinski definition) is 2. The first-order valence-corrected chi connectivity index (χ1v) is 8.25. The molecular weight excluding hydrogens is 314 g/mol. The summed E-state index contributed by atoms with van der Waals surface area (Å²) in [4.78, 5) is 15.8. The van der Waals surface area contributed by atoms with Crippen molar-refractivity contribution in [2.45, 2.75) is 19.5 Å². The van der Waals surface area contributed by atoms with Crippen molar-refractivity contribution in [3.63, 3.8) is 0 Å². The minimum absolute atomic E-state index is 0.155. The van der Waals surface area contributed by atoms with Gasteiger partial charge in [0, 0.05) is 13.1 Å². The second-order valence-electron chi connectivity index (χ2n) is 5.76. The van der Waals surface area contributed by atoms with E-state index in [0.717, 1.165) is 17.5 Å². The monoisotopic (exact) mass is 335 g/mol. The molecule has 2 amide bonds. The zero-order chi connectivity index (χ0) is 17.3. The molecule has 6 nitrogen and oxygen atoms in total. The first-order chi connectivity index (χ1) is 12.3. The highest BCUT2D eigenvalue weighted by atomic mass is 16.2. The normalized spacial score (nSPS) is 10.4. The lowest BCUT2D eigenvalue weighted by atomic mass is 10.1. The van der Waals surface area contributed by atoms with Gasteiger partial charge in [0.25, 0.3) is 0 Å². The van der Waals surface area contributed by atoms with E-state index in [2.05, 4.69) is 38.9 Å². The van der Waals surface area contributed by atoms with Crippen LogP contribution >= 0.6 is 0 Å². The minimum Gasteiger partial charge on any atom is -0.338 e. The quantitative estimate of drug-likeness (QED) is 0.696. The van der Waals surface area contributed by atoms with E-state index >= 15 is 0 Å². The van der Waals surface area contributed by atoms with Crippen molar-refractivity contribution in [1.82, 2.24) is 25.4 Å². The molecule has 0 aliphatic carbocycles.